The van der Waals surface area contributed by atoms with Crippen LogP contribution >= 0.6 is 11.6 Å². The lowest BCUT2D eigenvalue weighted by atomic mass is 9.81. The fourth-order valence-electron chi connectivity index (χ4n) is 4.85. The molecule has 1 aromatic carbocycles. The summed E-state index contributed by atoms with van der Waals surface area (Å²) in [6, 6.07) is 7.85. The minimum atomic E-state index is -0.192. The molecule has 3 aliphatic rings. The first-order chi connectivity index (χ1) is 14.0. The van der Waals surface area contributed by atoms with Crippen LogP contribution in [0.1, 0.15) is 37.7 Å². The SMILES string of the molecule is O=C(CN1C(=O)[C@H]2CCCC[C@H]2C1=O)N1CCCN(Cc2ccc(Cl)cc2)CC1. The molecule has 3 fully saturated rings. The third-order valence-electron chi connectivity index (χ3n) is 6.49. The quantitative estimate of drug-likeness (QED) is 0.706. The molecule has 0 radical (unpaired) electrons. The number of amides is 3. The maximum Gasteiger partial charge on any atom is 0.242 e. The molecule has 0 unspecified atom stereocenters. The molecule has 7 heteroatoms. The van der Waals surface area contributed by atoms with Crippen LogP contribution in [0.15, 0.2) is 24.3 Å². The van der Waals surface area contributed by atoms with E-state index in [9.17, 15) is 14.4 Å². The lowest BCUT2D eigenvalue weighted by molar-refractivity contribution is -0.146. The zero-order chi connectivity index (χ0) is 20.4. The average molecular weight is 418 g/mol. The largest absolute Gasteiger partial charge is 0.340 e. The number of benzene rings is 1. The average Bonchev–Trinajstić information content (AvgIpc) is 2.89. The minimum Gasteiger partial charge on any atom is -0.340 e. The molecular formula is C22H28ClN3O3. The highest BCUT2D eigenvalue weighted by molar-refractivity contribution is 6.30. The van der Waals surface area contributed by atoms with E-state index >= 15 is 0 Å². The second-order valence-electron chi connectivity index (χ2n) is 8.40. The molecule has 1 aromatic rings. The lowest BCUT2D eigenvalue weighted by Crippen LogP contribution is -2.44. The van der Waals surface area contributed by atoms with Gasteiger partial charge in [0.1, 0.15) is 6.54 Å². The molecule has 1 aliphatic carbocycles. The number of imide groups is 1. The van der Waals surface area contributed by atoms with Crippen molar-refractivity contribution in [2.45, 2.75) is 38.6 Å². The van der Waals surface area contributed by atoms with Gasteiger partial charge in [0.05, 0.1) is 11.8 Å². The van der Waals surface area contributed by atoms with Crippen LogP contribution in [0.4, 0.5) is 0 Å². The molecule has 3 amide bonds. The van der Waals surface area contributed by atoms with Gasteiger partial charge in [0.2, 0.25) is 17.7 Å². The number of halogens is 1. The van der Waals surface area contributed by atoms with Crippen LogP contribution in [-0.2, 0) is 20.9 Å². The number of likely N-dealkylation sites (tertiary alicyclic amines) is 1. The van der Waals surface area contributed by atoms with Gasteiger partial charge in [-0.1, -0.05) is 36.6 Å². The summed E-state index contributed by atoms with van der Waals surface area (Å²) in [5, 5.41) is 0.729. The van der Waals surface area contributed by atoms with E-state index in [1.54, 1.807) is 0 Å². The molecule has 0 aromatic heterocycles. The van der Waals surface area contributed by atoms with Gasteiger partial charge in [-0.05, 0) is 37.0 Å². The van der Waals surface area contributed by atoms with E-state index in [1.165, 1.54) is 10.5 Å². The van der Waals surface area contributed by atoms with Gasteiger partial charge in [-0.3, -0.25) is 24.2 Å². The third kappa shape index (κ3) is 4.48. The number of hydrogen-bond acceptors (Lipinski definition) is 4. The zero-order valence-electron chi connectivity index (χ0n) is 16.7. The van der Waals surface area contributed by atoms with Crippen LogP contribution in [0.5, 0.6) is 0 Å². The maximum atomic E-state index is 12.9. The minimum absolute atomic E-state index is 0.0954. The fourth-order valence-corrected chi connectivity index (χ4v) is 4.97. The van der Waals surface area contributed by atoms with Crippen LogP contribution in [0.3, 0.4) is 0 Å². The van der Waals surface area contributed by atoms with Crippen molar-refractivity contribution in [2.24, 2.45) is 11.8 Å². The van der Waals surface area contributed by atoms with E-state index in [-0.39, 0.29) is 36.1 Å². The molecule has 156 valence electrons. The molecule has 2 atom stereocenters. The summed E-state index contributed by atoms with van der Waals surface area (Å²) in [4.78, 5) is 43.5. The molecule has 0 spiro atoms. The summed E-state index contributed by atoms with van der Waals surface area (Å²) in [6.45, 7) is 3.71. The molecule has 29 heavy (non-hydrogen) atoms. The summed E-state index contributed by atoms with van der Waals surface area (Å²) in [5.74, 6) is -0.760. The zero-order valence-corrected chi connectivity index (χ0v) is 17.4. The van der Waals surface area contributed by atoms with Gasteiger partial charge in [-0.25, -0.2) is 0 Å². The summed E-state index contributed by atoms with van der Waals surface area (Å²) in [5.41, 5.74) is 1.20. The molecule has 0 bridgehead atoms. The molecule has 0 N–H and O–H groups in total. The van der Waals surface area contributed by atoms with Crippen LogP contribution in [0.2, 0.25) is 5.02 Å². The summed E-state index contributed by atoms with van der Waals surface area (Å²) < 4.78 is 0. The van der Waals surface area contributed by atoms with Gasteiger partial charge >= 0.3 is 0 Å². The van der Waals surface area contributed by atoms with Crippen molar-refractivity contribution in [3.05, 3.63) is 34.9 Å². The van der Waals surface area contributed by atoms with Gasteiger partial charge < -0.3 is 4.90 Å². The van der Waals surface area contributed by atoms with Crippen molar-refractivity contribution in [3.63, 3.8) is 0 Å². The molecule has 1 saturated carbocycles. The van der Waals surface area contributed by atoms with Crippen LogP contribution < -0.4 is 0 Å². The van der Waals surface area contributed by atoms with Crippen molar-refractivity contribution < 1.29 is 14.4 Å². The van der Waals surface area contributed by atoms with E-state index < -0.39 is 0 Å². The normalized spacial score (nSPS) is 25.8. The van der Waals surface area contributed by atoms with E-state index in [4.69, 9.17) is 11.6 Å². The molecule has 2 aliphatic heterocycles. The topological polar surface area (TPSA) is 60.9 Å². The molecule has 2 saturated heterocycles. The number of fused-ring (bicyclic) bond motifs is 1. The first-order valence-electron chi connectivity index (χ1n) is 10.6. The molecule has 6 nitrogen and oxygen atoms in total. The van der Waals surface area contributed by atoms with E-state index in [0.717, 1.165) is 56.8 Å². The van der Waals surface area contributed by atoms with Gasteiger partial charge in [-0.15, -0.1) is 0 Å². The van der Waals surface area contributed by atoms with Gasteiger partial charge in [0.25, 0.3) is 0 Å². The monoisotopic (exact) mass is 417 g/mol. The second-order valence-corrected chi connectivity index (χ2v) is 8.83. The summed E-state index contributed by atoms with van der Waals surface area (Å²) >= 11 is 5.96. The number of carbonyl (C=O) groups excluding carboxylic acids is 3. The highest BCUT2D eigenvalue weighted by Crippen LogP contribution is 2.37. The number of nitrogens with zero attached hydrogens (tertiary/aromatic N) is 3. The summed E-state index contributed by atoms with van der Waals surface area (Å²) in [6.07, 6.45) is 4.44. The Morgan fingerprint density at radius 2 is 1.55 bits per heavy atom. The van der Waals surface area contributed by atoms with Crippen LogP contribution in [0.25, 0.3) is 0 Å². The fraction of sp³-hybridized carbons (Fsp3) is 0.591. The Labute approximate surface area is 176 Å². The first-order valence-corrected chi connectivity index (χ1v) is 11.0. The van der Waals surface area contributed by atoms with Crippen molar-refractivity contribution >= 4 is 29.3 Å². The Hall–Kier alpha value is -1.92. The van der Waals surface area contributed by atoms with Crippen molar-refractivity contribution in [1.82, 2.24) is 14.7 Å². The Balaban J connectivity index is 1.32. The van der Waals surface area contributed by atoms with Crippen molar-refractivity contribution in [3.8, 4) is 0 Å². The number of carbonyl (C=O) groups is 3. The Kier molecular flexibility index (Phi) is 6.20. The van der Waals surface area contributed by atoms with Gasteiger partial charge in [0.15, 0.2) is 0 Å². The van der Waals surface area contributed by atoms with Crippen LogP contribution in [0, 0.1) is 11.8 Å². The second kappa shape index (κ2) is 8.84. The van der Waals surface area contributed by atoms with Crippen LogP contribution in [-0.4, -0.2) is 65.1 Å². The Morgan fingerprint density at radius 3 is 2.21 bits per heavy atom. The van der Waals surface area contributed by atoms with E-state index in [0.29, 0.717) is 13.1 Å². The first kappa shape index (κ1) is 20.4. The molecule has 2 heterocycles. The lowest BCUT2D eigenvalue weighted by Gasteiger charge is -2.24. The Bertz CT molecular complexity index is 758. The summed E-state index contributed by atoms with van der Waals surface area (Å²) in [7, 11) is 0. The molecular weight excluding hydrogens is 390 g/mol. The predicted octanol–water partition coefficient (Wildman–Crippen LogP) is 2.55. The third-order valence-corrected chi connectivity index (χ3v) is 6.74. The number of rotatable bonds is 4. The van der Waals surface area contributed by atoms with Gasteiger partial charge in [0, 0.05) is 37.7 Å². The smallest absolute Gasteiger partial charge is 0.242 e. The van der Waals surface area contributed by atoms with E-state index in [2.05, 4.69) is 4.90 Å². The van der Waals surface area contributed by atoms with Crippen molar-refractivity contribution in [2.75, 3.05) is 32.7 Å². The van der Waals surface area contributed by atoms with Crippen molar-refractivity contribution in [1.29, 1.82) is 0 Å². The number of hydrogen-bond donors (Lipinski definition) is 0. The highest BCUT2D eigenvalue weighted by Gasteiger charge is 2.48. The predicted molar refractivity (Wildman–Crippen MR) is 110 cm³/mol. The molecule has 4 rings (SSSR count). The standard InChI is InChI=1S/C22H28ClN3O3/c23-17-8-6-16(7-9-17)14-24-10-3-11-25(13-12-24)20(27)15-26-21(28)18-4-1-2-5-19(18)22(26)29/h6-9,18-19H,1-5,10-15H2/t18-,19+. The van der Waals surface area contributed by atoms with Gasteiger partial charge in [-0.2, -0.15) is 0 Å². The Morgan fingerprint density at radius 1 is 0.897 bits per heavy atom. The highest BCUT2D eigenvalue weighted by atomic mass is 35.5. The maximum absolute atomic E-state index is 12.9. The van der Waals surface area contributed by atoms with E-state index in [1.807, 2.05) is 29.2 Å².